The third-order valence-corrected chi connectivity index (χ3v) is 0.873. The first kappa shape index (κ1) is 13.5. The van der Waals surface area contributed by atoms with Crippen LogP contribution in [0.2, 0.25) is 0 Å². The summed E-state index contributed by atoms with van der Waals surface area (Å²) in [7, 11) is 1.93. The molecule has 0 unspecified atom stereocenters. The van der Waals surface area contributed by atoms with Crippen LogP contribution in [0.15, 0.2) is 0 Å². The maximum absolute atomic E-state index is 5.23. The van der Waals surface area contributed by atoms with E-state index in [0.29, 0.717) is 0 Å². The molecule has 0 rings (SSSR count). The van der Waals surface area contributed by atoms with Crippen molar-refractivity contribution in [2.45, 2.75) is 20.3 Å². The highest BCUT2D eigenvalue weighted by Gasteiger charge is 1.79. The third kappa shape index (κ3) is 25.8. The van der Waals surface area contributed by atoms with Gasteiger partial charge in [0.05, 0.1) is 0 Å². The molecule has 3 heteroatoms. The minimum atomic E-state index is 0.726. The monoisotopic (exact) mass is 161 g/mol. The van der Waals surface area contributed by atoms with Gasteiger partial charge in [-0.2, -0.15) is 0 Å². The van der Waals surface area contributed by atoms with Crippen molar-refractivity contribution in [3.63, 3.8) is 0 Å². The molecule has 0 saturated heterocycles. The fourth-order valence-electron chi connectivity index (χ4n) is 0.440. The van der Waals surface area contributed by atoms with Crippen LogP contribution in [-0.4, -0.2) is 33.2 Å². The van der Waals surface area contributed by atoms with E-state index >= 15 is 0 Å². The molecule has 0 fully saturated rings. The molecule has 0 aliphatic carbocycles. The zero-order valence-corrected chi connectivity index (χ0v) is 8.11. The molecule has 3 nitrogen and oxygen atoms in total. The highest BCUT2D eigenvalue weighted by atomic mass is 14.9. The fourth-order valence-corrected chi connectivity index (χ4v) is 0.440. The molecule has 11 heavy (non-hydrogen) atoms. The zero-order chi connectivity index (χ0) is 8.95. The van der Waals surface area contributed by atoms with E-state index in [2.05, 4.69) is 24.5 Å². The smallest absolute Gasteiger partial charge is 0.00771 e. The van der Waals surface area contributed by atoms with Gasteiger partial charge in [-0.3, -0.25) is 0 Å². The lowest BCUT2D eigenvalue weighted by Crippen LogP contribution is -2.29. The lowest BCUT2D eigenvalue weighted by Gasteiger charge is -1.99. The highest BCUT2D eigenvalue weighted by molar-refractivity contribution is 4.47. The molecule has 0 aromatic carbocycles. The Morgan fingerprint density at radius 2 is 1.64 bits per heavy atom. The molecule has 0 aliphatic rings. The molecule has 0 amide bonds. The van der Waals surface area contributed by atoms with Crippen molar-refractivity contribution < 1.29 is 0 Å². The first-order valence-electron chi connectivity index (χ1n) is 4.38. The van der Waals surface area contributed by atoms with Crippen LogP contribution in [0.5, 0.6) is 0 Å². The molecule has 0 heterocycles. The van der Waals surface area contributed by atoms with Crippen molar-refractivity contribution in [1.29, 1.82) is 0 Å². The van der Waals surface area contributed by atoms with E-state index in [1.807, 2.05) is 7.05 Å². The Labute approximate surface area is 70.7 Å². The predicted octanol–water partition coefficient (Wildman–Crippen LogP) is 0.170. The lowest BCUT2D eigenvalue weighted by atomic mass is 10.6. The third-order valence-electron chi connectivity index (χ3n) is 0.873. The van der Waals surface area contributed by atoms with E-state index in [1.54, 1.807) is 0 Å². The zero-order valence-electron chi connectivity index (χ0n) is 8.11. The largest absolute Gasteiger partial charge is 0.329 e. The first-order chi connectivity index (χ1) is 5.33. The summed E-state index contributed by atoms with van der Waals surface area (Å²) in [5, 5.41) is 6.17. The van der Waals surface area contributed by atoms with Crippen molar-refractivity contribution >= 4 is 0 Å². The number of hydrogen-bond acceptors (Lipinski definition) is 3. The number of likely N-dealkylation sites (N-methyl/N-ethyl adjacent to an activating group) is 1. The summed E-state index contributed by atoms with van der Waals surface area (Å²) < 4.78 is 0. The minimum absolute atomic E-state index is 0.726. The van der Waals surface area contributed by atoms with E-state index in [1.165, 1.54) is 6.42 Å². The number of rotatable bonds is 5. The van der Waals surface area contributed by atoms with Crippen LogP contribution >= 0.6 is 0 Å². The quantitative estimate of drug-likeness (QED) is 0.504. The minimum Gasteiger partial charge on any atom is -0.329 e. The van der Waals surface area contributed by atoms with Gasteiger partial charge in [0, 0.05) is 26.2 Å². The highest BCUT2D eigenvalue weighted by Crippen LogP contribution is 1.56. The van der Waals surface area contributed by atoms with Gasteiger partial charge < -0.3 is 16.4 Å². The van der Waals surface area contributed by atoms with E-state index in [0.717, 1.165) is 26.2 Å². The van der Waals surface area contributed by atoms with Gasteiger partial charge in [0.2, 0.25) is 0 Å². The van der Waals surface area contributed by atoms with Crippen LogP contribution in [0.3, 0.4) is 0 Å². The molecular weight excluding hydrogens is 138 g/mol. The standard InChI is InChI=1S/C5H15N3.C3H8/c1-7-4-5-8-3-2-6;1-3-2/h7-8H,2-6H2,1H3;3H2,1-2H3. The molecular formula is C8H23N3. The summed E-state index contributed by atoms with van der Waals surface area (Å²) in [6.45, 7) is 7.92. The van der Waals surface area contributed by atoms with Crippen LogP contribution in [0.25, 0.3) is 0 Å². The summed E-state index contributed by atoms with van der Waals surface area (Å²) in [6.07, 6.45) is 1.25. The Hall–Kier alpha value is -0.120. The maximum atomic E-state index is 5.23. The van der Waals surface area contributed by atoms with Gasteiger partial charge in [-0.15, -0.1) is 0 Å². The van der Waals surface area contributed by atoms with E-state index < -0.39 is 0 Å². The molecule has 0 aliphatic heterocycles. The van der Waals surface area contributed by atoms with Crippen molar-refractivity contribution in [3.05, 3.63) is 0 Å². The van der Waals surface area contributed by atoms with Gasteiger partial charge in [-0.25, -0.2) is 0 Å². The van der Waals surface area contributed by atoms with Crippen LogP contribution in [-0.2, 0) is 0 Å². The summed E-state index contributed by atoms with van der Waals surface area (Å²) in [5.41, 5.74) is 5.23. The number of nitrogens with two attached hydrogens (primary N) is 1. The fraction of sp³-hybridized carbons (Fsp3) is 1.00. The second kappa shape index (κ2) is 16.5. The van der Waals surface area contributed by atoms with Gasteiger partial charge in [0.25, 0.3) is 0 Å². The van der Waals surface area contributed by atoms with Crippen LogP contribution in [0.1, 0.15) is 20.3 Å². The van der Waals surface area contributed by atoms with Gasteiger partial charge >= 0.3 is 0 Å². The molecule has 0 spiro atoms. The molecule has 0 radical (unpaired) electrons. The molecule has 70 valence electrons. The molecule has 0 saturated carbocycles. The first-order valence-corrected chi connectivity index (χ1v) is 4.38. The van der Waals surface area contributed by atoms with Crippen LogP contribution in [0.4, 0.5) is 0 Å². The van der Waals surface area contributed by atoms with Gasteiger partial charge in [-0.1, -0.05) is 20.3 Å². The van der Waals surface area contributed by atoms with Gasteiger partial charge in [0.1, 0.15) is 0 Å². The number of hydrogen-bond donors (Lipinski definition) is 3. The summed E-state index contributed by atoms with van der Waals surface area (Å²) >= 11 is 0. The topological polar surface area (TPSA) is 50.1 Å². The Balaban J connectivity index is 0. The lowest BCUT2D eigenvalue weighted by molar-refractivity contribution is 0.654. The molecule has 0 bridgehead atoms. The molecule has 4 N–H and O–H groups in total. The van der Waals surface area contributed by atoms with Crippen LogP contribution < -0.4 is 16.4 Å². The normalized spacial score (nSPS) is 8.73. The van der Waals surface area contributed by atoms with Crippen molar-refractivity contribution in [2.75, 3.05) is 33.2 Å². The molecule has 0 aromatic rings. The SMILES string of the molecule is CCC.CNCCNCCN. The van der Waals surface area contributed by atoms with E-state index in [-0.39, 0.29) is 0 Å². The van der Waals surface area contributed by atoms with Crippen molar-refractivity contribution in [2.24, 2.45) is 5.73 Å². The Morgan fingerprint density at radius 3 is 2.00 bits per heavy atom. The van der Waals surface area contributed by atoms with Gasteiger partial charge in [-0.05, 0) is 7.05 Å². The Morgan fingerprint density at radius 1 is 1.09 bits per heavy atom. The Bertz CT molecular complexity index is 42.6. The summed E-state index contributed by atoms with van der Waals surface area (Å²) in [4.78, 5) is 0. The van der Waals surface area contributed by atoms with E-state index in [4.69, 9.17) is 5.73 Å². The van der Waals surface area contributed by atoms with Gasteiger partial charge in [0.15, 0.2) is 0 Å². The average Bonchev–Trinajstić information content (AvgIpc) is 2.00. The van der Waals surface area contributed by atoms with E-state index in [9.17, 15) is 0 Å². The molecule has 0 aromatic heterocycles. The predicted molar refractivity (Wildman–Crippen MR) is 51.8 cm³/mol. The Kier molecular flexibility index (Phi) is 20.2. The average molecular weight is 161 g/mol. The second-order valence-corrected chi connectivity index (χ2v) is 2.35. The van der Waals surface area contributed by atoms with Crippen molar-refractivity contribution in [1.82, 2.24) is 10.6 Å². The maximum Gasteiger partial charge on any atom is 0.00771 e. The summed E-state index contributed by atoms with van der Waals surface area (Å²) in [5.74, 6) is 0. The molecule has 0 atom stereocenters. The second-order valence-electron chi connectivity index (χ2n) is 2.35. The van der Waals surface area contributed by atoms with Crippen molar-refractivity contribution in [3.8, 4) is 0 Å². The summed E-state index contributed by atoms with van der Waals surface area (Å²) in [6, 6.07) is 0. The van der Waals surface area contributed by atoms with Crippen LogP contribution in [0, 0.1) is 0 Å². The number of nitrogens with one attached hydrogen (secondary N) is 2.